The van der Waals surface area contributed by atoms with Gasteiger partial charge in [0.05, 0.1) is 0 Å². The van der Waals surface area contributed by atoms with Crippen LogP contribution in [0.25, 0.3) is 0 Å². The fourth-order valence-corrected chi connectivity index (χ4v) is 2.74. The summed E-state index contributed by atoms with van der Waals surface area (Å²) in [5.41, 5.74) is 5.52. The van der Waals surface area contributed by atoms with Crippen LogP contribution < -0.4 is 4.90 Å². The molecule has 3 nitrogen and oxygen atoms in total. The molecule has 0 spiro atoms. The lowest BCUT2D eigenvalue weighted by atomic mass is 10.1. The van der Waals surface area contributed by atoms with Crippen LogP contribution in [0.3, 0.4) is 0 Å². The normalized spacial score (nSPS) is 11.3. The van der Waals surface area contributed by atoms with Crippen molar-refractivity contribution >= 4 is 29.5 Å². The van der Waals surface area contributed by atoms with E-state index >= 15 is 0 Å². The number of aliphatic imine (C=N–C) groups is 2. The average molecular weight is 327 g/mol. The maximum Gasteiger partial charge on any atom is 0.0462 e. The van der Waals surface area contributed by atoms with Crippen LogP contribution in [0.4, 0.5) is 17.1 Å². The van der Waals surface area contributed by atoms with Crippen LogP contribution in [0.15, 0.2) is 88.8 Å². The van der Waals surface area contributed by atoms with Crippen LogP contribution in [0.5, 0.6) is 0 Å². The van der Waals surface area contributed by atoms with Crippen LogP contribution in [0.2, 0.25) is 0 Å². The zero-order chi connectivity index (χ0) is 17.5. The van der Waals surface area contributed by atoms with Gasteiger partial charge in [0, 0.05) is 43.6 Å². The van der Waals surface area contributed by atoms with Gasteiger partial charge >= 0.3 is 0 Å². The Morgan fingerprint density at radius 3 is 1.36 bits per heavy atom. The van der Waals surface area contributed by atoms with E-state index in [0.29, 0.717) is 0 Å². The summed E-state index contributed by atoms with van der Waals surface area (Å²) >= 11 is 0. The van der Waals surface area contributed by atoms with Crippen LogP contribution in [0.1, 0.15) is 11.1 Å². The molecule has 0 aliphatic carbocycles. The zero-order valence-electron chi connectivity index (χ0n) is 14.5. The van der Waals surface area contributed by atoms with Crippen molar-refractivity contribution in [2.24, 2.45) is 9.98 Å². The van der Waals surface area contributed by atoms with E-state index in [1.807, 2.05) is 18.5 Å². The fraction of sp³-hybridized carbons (Fsp3) is 0.0909. The molecule has 3 rings (SSSR count). The van der Waals surface area contributed by atoms with Gasteiger partial charge in [-0.1, -0.05) is 42.5 Å². The number of rotatable bonds is 5. The molecule has 0 N–H and O–H groups in total. The fourth-order valence-electron chi connectivity index (χ4n) is 2.74. The molecule has 3 aromatic carbocycles. The average Bonchev–Trinajstić information content (AvgIpc) is 2.66. The summed E-state index contributed by atoms with van der Waals surface area (Å²) in [6.07, 6.45) is 3.71. The Kier molecular flexibility index (Phi) is 5.37. The number of nitrogens with zero attached hydrogens (tertiary/aromatic N) is 3. The minimum Gasteiger partial charge on any atom is -0.311 e. The minimum atomic E-state index is 1.09. The van der Waals surface area contributed by atoms with Crippen molar-refractivity contribution in [3.05, 3.63) is 90.0 Å². The number of benzene rings is 3. The Labute approximate surface area is 149 Å². The first-order valence-corrected chi connectivity index (χ1v) is 8.21. The van der Waals surface area contributed by atoms with E-state index in [4.69, 9.17) is 0 Å². The smallest absolute Gasteiger partial charge is 0.0462 e. The molecular formula is C22H21N3. The first kappa shape index (κ1) is 16.7. The van der Waals surface area contributed by atoms with Crippen molar-refractivity contribution in [3.63, 3.8) is 0 Å². The highest BCUT2D eigenvalue weighted by atomic mass is 15.1. The van der Waals surface area contributed by atoms with Gasteiger partial charge in [-0.15, -0.1) is 0 Å². The summed E-state index contributed by atoms with van der Waals surface area (Å²) in [5.74, 6) is 0. The summed E-state index contributed by atoms with van der Waals surface area (Å²) in [7, 11) is 3.57. The third-order valence-electron chi connectivity index (χ3n) is 3.87. The van der Waals surface area contributed by atoms with Gasteiger partial charge in [0.15, 0.2) is 0 Å². The highest BCUT2D eigenvalue weighted by molar-refractivity contribution is 5.84. The van der Waals surface area contributed by atoms with E-state index in [1.54, 1.807) is 14.1 Å². The van der Waals surface area contributed by atoms with E-state index in [1.165, 1.54) is 0 Å². The zero-order valence-corrected chi connectivity index (χ0v) is 14.5. The number of para-hydroxylation sites is 1. The molecule has 3 heteroatoms. The van der Waals surface area contributed by atoms with Gasteiger partial charge < -0.3 is 4.90 Å². The standard InChI is InChI=1S/C22H21N3/c1-23-16-18-8-12-21(13-9-18)25(20-6-4-3-5-7-20)22-14-10-19(11-15-22)17-24-2/h3-17H,1-2H3/b23-16+,24-17+. The van der Waals surface area contributed by atoms with Crippen LogP contribution in [0, 0.1) is 0 Å². The summed E-state index contributed by atoms with van der Waals surface area (Å²) < 4.78 is 0. The molecular weight excluding hydrogens is 306 g/mol. The second-order valence-electron chi connectivity index (χ2n) is 5.63. The molecule has 0 unspecified atom stereocenters. The largest absolute Gasteiger partial charge is 0.311 e. The Morgan fingerprint density at radius 1 is 0.560 bits per heavy atom. The first-order chi connectivity index (χ1) is 12.3. The van der Waals surface area contributed by atoms with Crippen LogP contribution in [-0.2, 0) is 0 Å². The molecule has 0 heterocycles. The van der Waals surface area contributed by atoms with Crippen LogP contribution in [-0.4, -0.2) is 26.5 Å². The SMILES string of the molecule is C/N=C/c1ccc(N(c2ccccc2)c2ccc(/C=N/C)cc2)cc1. The predicted octanol–water partition coefficient (Wildman–Crippen LogP) is 5.25. The van der Waals surface area contributed by atoms with Gasteiger partial charge in [-0.05, 0) is 47.5 Å². The number of anilines is 3. The monoisotopic (exact) mass is 327 g/mol. The first-order valence-electron chi connectivity index (χ1n) is 8.21. The maximum absolute atomic E-state index is 4.07. The molecule has 0 saturated carbocycles. The molecule has 0 bridgehead atoms. The lowest BCUT2D eigenvalue weighted by Gasteiger charge is -2.25. The van der Waals surface area contributed by atoms with Gasteiger partial charge in [-0.3, -0.25) is 9.98 Å². The molecule has 0 aliphatic rings. The lowest BCUT2D eigenvalue weighted by molar-refractivity contribution is 1.28. The predicted molar refractivity (Wildman–Crippen MR) is 108 cm³/mol. The summed E-state index contributed by atoms with van der Waals surface area (Å²) in [5, 5.41) is 0. The van der Waals surface area contributed by atoms with Gasteiger partial charge in [0.25, 0.3) is 0 Å². The molecule has 0 saturated heterocycles. The number of hydrogen-bond donors (Lipinski definition) is 0. The molecule has 0 amide bonds. The van der Waals surface area contributed by atoms with Gasteiger partial charge in [-0.25, -0.2) is 0 Å². The summed E-state index contributed by atoms with van der Waals surface area (Å²) in [4.78, 5) is 10.4. The Balaban J connectivity index is 2.03. The summed E-state index contributed by atoms with van der Waals surface area (Å²) in [6.45, 7) is 0. The van der Waals surface area contributed by atoms with Crippen molar-refractivity contribution in [2.75, 3.05) is 19.0 Å². The molecule has 3 aromatic rings. The Hall–Kier alpha value is -3.20. The third-order valence-corrected chi connectivity index (χ3v) is 3.87. The summed E-state index contributed by atoms with van der Waals surface area (Å²) in [6, 6.07) is 27.2. The maximum atomic E-state index is 4.07. The molecule has 0 radical (unpaired) electrons. The number of hydrogen-bond acceptors (Lipinski definition) is 3. The Morgan fingerprint density at radius 2 is 0.960 bits per heavy atom. The van der Waals surface area contributed by atoms with E-state index in [2.05, 4.69) is 87.7 Å². The minimum absolute atomic E-state index is 1.09. The molecule has 25 heavy (non-hydrogen) atoms. The van der Waals surface area contributed by atoms with Gasteiger partial charge in [0.2, 0.25) is 0 Å². The highest BCUT2D eigenvalue weighted by Crippen LogP contribution is 2.34. The second-order valence-corrected chi connectivity index (χ2v) is 5.63. The molecule has 0 aliphatic heterocycles. The lowest BCUT2D eigenvalue weighted by Crippen LogP contribution is -2.09. The third kappa shape index (κ3) is 4.01. The quantitative estimate of drug-likeness (QED) is 0.588. The highest BCUT2D eigenvalue weighted by Gasteiger charge is 2.11. The second kappa shape index (κ2) is 8.06. The van der Waals surface area contributed by atoms with Crippen LogP contribution >= 0.6 is 0 Å². The van der Waals surface area contributed by atoms with E-state index in [-0.39, 0.29) is 0 Å². The van der Waals surface area contributed by atoms with E-state index in [9.17, 15) is 0 Å². The Bertz CT molecular complexity index is 793. The van der Waals surface area contributed by atoms with Crippen molar-refractivity contribution < 1.29 is 0 Å². The van der Waals surface area contributed by atoms with Crippen molar-refractivity contribution in [1.29, 1.82) is 0 Å². The topological polar surface area (TPSA) is 28.0 Å². The molecule has 0 atom stereocenters. The van der Waals surface area contributed by atoms with E-state index in [0.717, 1.165) is 28.2 Å². The molecule has 0 aromatic heterocycles. The van der Waals surface area contributed by atoms with Crippen molar-refractivity contribution in [2.45, 2.75) is 0 Å². The molecule has 0 fully saturated rings. The molecule has 124 valence electrons. The van der Waals surface area contributed by atoms with Crippen molar-refractivity contribution in [3.8, 4) is 0 Å². The van der Waals surface area contributed by atoms with E-state index < -0.39 is 0 Å². The van der Waals surface area contributed by atoms with Gasteiger partial charge in [0.1, 0.15) is 0 Å². The van der Waals surface area contributed by atoms with Crippen molar-refractivity contribution in [1.82, 2.24) is 0 Å². The van der Waals surface area contributed by atoms with Gasteiger partial charge in [-0.2, -0.15) is 0 Å².